The van der Waals surface area contributed by atoms with Gasteiger partial charge in [0.1, 0.15) is 0 Å². The van der Waals surface area contributed by atoms with Crippen LogP contribution in [0.3, 0.4) is 0 Å². The molecule has 0 unspecified atom stereocenters. The highest BCUT2D eigenvalue weighted by Crippen LogP contribution is 2.30. The normalized spacial score (nSPS) is 21.6. The molecule has 3 heteroatoms. The predicted molar refractivity (Wildman–Crippen MR) is 74.4 cm³/mol. The molecule has 2 fully saturated rings. The lowest BCUT2D eigenvalue weighted by Crippen LogP contribution is -2.40. The van der Waals surface area contributed by atoms with Crippen molar-refractivity contribution in [2.45, 2.75) is 51.9 Å². The van der Waals surface area contributed by atoms with Crippen LogP contribution in [0.1, 0.15) is 51.9 Å². The first-order valence-corrected chi connectivity index (χ1v) is 7.78. The maximum Gasteiger partial charge on any atom is 0.222 e. The Bertz CT molecular complexity index is 257. The van der Waals surface area contributed by atoms with Crippen LogP contribution in [0.5, 0.6) is 0 Å². The van der Waals surface area contributed by atoms with Crippen LogP contribution in [0.4, 0.5) is 0 Å². The van der Waals surface area contributed by atoms with E-state index in [1.54, 1.807) is 0 Å². The standard InChI is InChI=1S/C15H28N2O/c1-2-10-17(12-14-6-8-16-9-7-14)15(18)11-13-4-3-5-13/h13-14,16H,2-12H2,1H3. The van der Waals surface area contributed by atoms with Gasteiger partial charge in [0.15, 0.2) is 0 Å². The molecule has 0 spiro atoms. The van der Waals surface area contributed by atoms with E-state index in [0.717, 1.165) is 44.9 Å². The van der Waals surface area contributed by atoms with Crippen LogP contribution in [0.15, 0.2) is 0 Å². The Morgan fingerprint density at radius 2 is 1.89 bits per heavy atom. The van der Waals surface area contributed by atoms with Crippen molar-refractivity contribution in [1.82, 2.24) is 10.2 Å². The summed E-state index contributed by atoms with van der Waals surface area (Å²) >= 11 is 0. The van der Waals surface area contributed by atoms with Gasteiger partial charge in [-0.1, -0.05) is 13.3 Å². The maximum atomic E-state index is 12.3. The summed E-state index contributed by atoms with van der Waals surface area (Å²) < 4.78 is 0. The van der Waals surface area contributed by atoms with E-state index < -0.39 is 0 Å². The molecule has 1 amide bonds. The van der Waals surface area contributed by atoms with Gasteiger partial charge in [-0.05, 0) is 57.0 Å². The van der Waals surface area contributed by atoms with Crippen LogP contribution in [0.2, 0.25) is 0 Å². The fourth-order valence-corrected chi connectivity index (χ4v) is 3.04. The molecule has 3 nitrogen and oxygen atoms in total. The van der Waals surface area contributed by atoms with Crippen molar-refractivity contribution in [3.05, 3.63) is 0 Å². The van der Waals surface area contributed by atoms with E-state index in [1.165, 1.54) is 32.1 Å². The van der Waals surface area contributed by atoms with Gasteiger partial charge in [0.05, 0.1) is 0 Å². The van der Waals surface area contributed by atoms with E-state index in [2.05, 4.69) is 17.1 Å². The molecule has 2 aliphatic rings. The van der Waals surface area contributed by atoms with Gasteiger partial charge in [-0.3, -0.25) is 4.79 Å². The minimum Gasteiger partial charge on any atom is -0.342 e. The monoisotopic (exact) mass is 252 g/mol. The number of nitrogens with one attached hydrogen (secondary N) is 1. The fourth-order valence-electron chi connectivity index (χ4n) is 3.04. The van der Waals surface area contributed by atoms with E-state index in [1.807, 2.05) is 0 Å². The summed E-state index contributed by atoms with van der Waals surface area (Å²) in [5.74, 6) is 1.84. The molecular formula is C15H28N2O. The third kappa shape index (κ3) is 3.98. The smallest absolute Gasteiger partial charge is 0.222 e. The molecule has 1 N–H and O–H groups in total. The highest BCUT2D eigenvalue weighted by molar-refractivity contribution is 5.76. The summed E-state index contributed by atoms with van der Waals surface area (Å²) in [6, 6.07) is 0. The zero-order valence-electron chi connectivity index (χ0n) is 11.8. The topological polar surface area (TPSA) is 32.3 Å². The molecule has 2 rings (SSSR count). The first-order chi connectivity index (χ1) is 8.79. The summed E-state index contributed by atoms with van der Waals surface area (Å²) in [4.78, 5) is 14.5. The second-order valence-corrected chi connectivity index (χ2v) is 6.03. The number of carbonyl (C=O) groups is 1. The number of hydrogen-bond acceptors (Lipinski definition) is 2. The summed E-state index contributed by atoms with van der Waals surface area (Å²) in [6.07, 6.45) is 8.25. The minimum absolute atomic E-state index is 0.417. The first kappa shape index (κ1) is 13.9. The molecule has 1 saturated carbocycles. The zero-order valence-corrected chi connectivity index (χ0v) is 11.8. The summed E-state index contributed by atoms with van der Waals surface area (Å²) in [6.45, 7) is 6.38. The van der Waals surface area contributed by atoms with Crippen LogP contribution in [-0.2, 0) is 4.79 Å². The number of nitrogens with zero attached hydrogens (tertiary/aromatic N) is 1. The summed E-state index contributed by atoms with van der Waals surface area (Å²) in [5.41, 5.74) is 0. The van der Waals surface area contributed by atoms with Crippen LogP contribution in [-0.4, -0.2) is 37.0 Å². The van der Waals surface area contributed by atoms with E-state index in [-0.39, 0.29) is 0 Å². The third-order valence-electron chi connectivity index (χ3n) is 4.47. The molecule has 0 aromatic rings. The summed E-state index contributed by atoms with van der Waals surface area (Å²) in [5, 5.41) is 3.40. The lowest BCUT2D eigenvalue weighted by Gasteiger charge is -2.32. The Morgan fingerprint density at radius 3 is 2.44 bits per heavy atom. The zero-order chi connectivity index (χ0) is 12.8. The number of carbonyl (C=O) groups excluding carboxylic acids is 1. The number of hydrogen-bond donors (Lipinski definition) is 1. The van der Waals surface area contributed by atoms with Gasteiger partial charge in [0.2, 0.25) is 5.91 Å². The first-order valence-electron chi connectivity index (χ1n) is 7.78. The largest absolute Gasteiger partial charge is 0.342 e. The number of piperidine rings is 1. The second kappa shape index (κ2) is 7.13. The lowest BCUT2D eigenvalue weighted by molar-refractivity contribution is -0.133. The molecule has 0 bridgehead atoms. The molecule has 1 heterocycles. The van der Waals surface area contributed by atoms with Crippen LogP contribution in [0, 0.1) is 11.8 Å². The molecule has 104 valence electrons. The van der Waals surface area contributed by atoms with Gasteiger partial charge in [-0.25, -0.2) is 0 Å². The Kier molecular flexibility index (Phi) is 5.48. The van der Waals surface area contributed by atoms with Gasteiger partial charge < -0.3 is 10.2 Å². The van der Waals surface area contributed by atoms with Crippen molar-refractivity contribution in [2.75, 3.05) is 26.2 Å². The number of amides is 1. The van der Waals surface area contributed by atoms with Gasteiger partial charge in [-0.15, -0.1) is 0 Å². The minimum atomic E-state index is 0.417. The molecule has 1 saturated heterocycles. The summed E-state index contributed by atoms with van der Waals surface area (Å²) in [7, 11) is 0. The van der Waals surface area contributed by atoms with Gasteiger partial charge in [0.25, 0.3) is 0 Å². The Hall–Kier alpha value is -0.570. The third-order valence-corrected chi connectivity index (χ3v) is 4.47. The van der Waals surface area contributed by atoms with Crippen LogP contribution < -0.4 is 5.32 Å². The van der Waals surface area contributed by atoms with E-state index in [9.17, 15) is 4.79 Å². The average Bonchev–Trinajstić information content (AvgIpc) is 2.34. The van der Waals surface area contributed by atoms with Crippen molar-refractivity contribution in [3.63, 3.8) is 0 Å². The molecule has 0 aromatic carbocycles. The second-order valence-electron chi connectivity index (χ2n) is 6.03. The Labute approximate surface area is 111 Å². The van der Waals surface area contributed by atoms with Gasteiger partial charge >= 0.3 is 0 Å². The van der Waals surface area contributed by atoms with Crippen molar-refractivity contribution < 1.29 is 4.79 Å². The highest BCUT2D eigenvalue weighted by atomic mass is 16.2. The molecule has 1 aliphatic carbocycles. The van der Waals surface area contributed by atoms with Crippen molar-refractivity contribution in [1.29, 1.82) is 0 Å². The molecule has 0 radical (unpaired) electrons. The number of rotatable bonds is 6. The molecule has 0 atom stereocenters. The van der Waals surface area contributed by atoms with E-state index in [0.29, 0.717) is 11.8 Å². The average molecular weight is 252 g/mol. The lowest BCUT2D eigenvalue weighted by atomic mass is 9.82. The quantitative estimate of drug-likeness (QED) is 0.787. The van der Waals surface area contributed by atoms with E-state index in [4.69, 9.17) is 0 Å². The van der Waals surface area contributed by atoms with Crippen LogP contribution in [0.25, 0.3) is 0 Å². The van der Waals surface area contributed by atoms with E-state index >= 15 is 0 Å². The SMILES string of the molecule is CCCN(CC1CCNCC1)C(=O)CC1CCC1. The molecular weight excluding hydrogens is 224 g/mol. The van der Waals surface area contributed by atoms with Crippen molar-refractivity contribution >= 4 is 5.91 Å². The highest BCUT2D eigenvalue weighted by Gasteiger charge is 2.25. The van der Waals surface area contributed by atoms with Gasteiger partial charge in [0, 0.05) is 19.5 Å². The Balaban J connectivity index is 1.79. The molecule has 0 aromatic heterocycles. The van der Waals surface area contributed by atoms with Crippen molar-refractivity contribution in [3.8, 4) is 0 Å². The maximum absolute atomic E-state index is 12.3. The predicted octanol–water partition coefficient (Wildman–Crippen LogP) is 2.41. The molecule has 1 aliphatic heterocycles. The fraction of sp³-hybridized carbons (Fsp3) is 0.933. The van der Waals surface area contributed by atoms with Crippen molar-refractivity contribution in [2.24, 2.45) is 11.8 Å². The molecule has 18 heavy (non-hydrogen) atoms. The Morgan fingerprint density at radius 1 is 1.17 bits per heavy atom. The van der Waals surface area contributed by atoms with Crippen LogP contribution >= 0.6 is 0 Å². The van der Waals surface area contributed by atoms with Gasteiger partial charge in [-0.2, -0.15) is 0 Å².